The number of halogens is 1. The van der Waals surface area contributed by atoms with E-state index in [0.717, 1.165) is 21.3 Å². The number of ether oxygens (including phenoxy) is 2. The number of carbonyl (C=O) groups excluding carboxylic acids is 1. The number of methoxy groups -OCH3 is 1. The third-order valence-electron chi connectivity index (χ3n) is 4.83. The van der Waals surface area contributed by atoms with E-state index in [1.54, 1.807) is 24.1 Å². The molecule has 1 aliphatic heterocycles. The average Bonchev–Trinajstić information content (AvgIpc) is 3.31. The van der Waals surface area contributed by atoms with Gasteiger partial charge in [-0.05, 0) is 71.0 Å². The second kappa shape index (κ2) is 9.54. The molecule has 0 atom stereocenters. The van der Waals surface area contributed by atoms with E-state index in [0.29, 0.717) is 35.4 Å². The van der Waals surface area contributed by atoms with Crippen molar-refractivity contribution < 1.29 is 14.3 Å². The highest BCUT2D eigenvalue weighted by molar-refractivity contribution is 9.10. The number of aromatic nitrogens is 2. The molecule has 1 aromatic heterocycles. The summed E-state index contributed by atoms with van der Waals surface area (Å²) in [5.74, 6) is 1.11. The lowest BCUT2D eigenvalue weighted by Gasteiger charge is -2.17. The van der Waals surface area contributed by atoms with Crippen LogP contribution in [0.1, 0.15) is 18.1 Å². The van der Waals surface area contributed by atoms with Crippen molar-refractivity contribution in [1.29, 1.82) is 0 Å². The molecule has 0 aliphatic carbocycles. The van der Waals surface area contributed by atoms with Crippen molar-refractivity contribution in [2.75, 3.05) is 18.6 Å². The summed E-state index contributed by atoms with van der Waals surface area (Å²) in [6.45, 7) is 2.91. The predicted octanol–water partition coefficient (Wildman–Crippen LogP) is 4.36. The highest BCUT2D eigenvalue weighted by atomic mass is 79.9. The number of hydrogen-bond acceptors (Lipinski definition) is 5. The first-order chi connectivity index (χ1) is 15.5. The van der Waals surface area contributed by atoms with Crippen LogP contribution in [0.3, 0.4) is 0 Å². The second-order valence-corrected chi connectivity index (χ2v) is 8.26. The number of benzene rings is 2. The zero-order chi connectivity index (χ0) is 22.7. The maximum atomic E-state index is 13.2. The van der Waals surface area contributed by atoms with E-state index in [4.69, 9.17) is 21.7 Å². The number of nitrogens with one attached hydrogen (secondary N) is 1. The van der Waals surface area contributed by atoms with Crippen LogP contribution in [0.2, 0.25) is 0 Å². The molecule has 7 nitrogen and oxygen atoms in total. The van der Waals surface area contributed by atoms with Crippen molar-refractivity contribution in [3.05, 3.63) is 76.2 Å². The normalized spacial score (nSPS) is 14.7. The van der Waals surface area contributed by atoms with Gasteiger partial charge in [0.2, 0.25) is 0 Å². The second-order valence-electron chi connectivity index (χ2n) is 6.96. The van der Waals surface area contributed by atoms with Crippen LogP contribution in [0.15, 0.2) is 65.0 Å². The van der Waals surface area contributed by atoms with Crippen LogP contribution >= 0.6 is 28.1 Å². The van der Waals surface area contributed by atoms with E-state index in [-0.39, 0.29) is 5.91 Å². The van der Waals surface area contributed by atoms with Crippen LogP contribution in [0.25, 0.3) is 6.08 Å². The quantitative estimate of drug-likeness (QED) is 0.374. The maximum Gasteiger partial charge on any atom is 0.281 e. The fourth-order valence-corrected chi connectivity index (χ4v) is 4.07. The van der Waals surface area contributed by atoms with Crippen LogP contribution in [0.5, 0.6) is 11.5 Å². The highest BCUT2D eigenvalue weighted by Crippen LogP contribution is 2.32. The van der Waals surface area contributed by atoms with Crippen molar-refractivity contribution >= 4 is 50.9 Å². The Morgan fingerprint density at radius 1 is 1.22 bits per heavy atom. The van der Waals surface area contributed by atoms with Gasteiger partial charge in [0.25, 0.3) is 5.91 Å². The molecule has 0 saturated carbocycles. The van der Waals surface area contributed by atoms with Gasteiger partial charge in [0.05, 0.1) is 36.6 Å². The van der Waals surface area contributed by atoms with Gasteiger partial charge in [0, 0.05) is 11.8 Å². The Labute approximate surface area is 199 Å². The molecule has 3 aromatic rings. The number of rotatable bonds is 7. The standard InChI is InChI=1S/C23H21BrN4O3S/c1-3-31-21-7-5-4-6-19(21)28-22(29)18(26-23(28)32)11-15-8-9-20(30-2)16(10-15)13-27-14-17(24)12-25-27/h4-12,14H,3,13H2,1-2H3,(H,26,32)/b18-11+. The minimum Gasteiger partial charge on any atom is -0.496 e. The van der Waals surface area contributed by atoms with E-state index in [1.807, 2.05) is 55.6 Å². The molecule has 1 saturated heterocycles. The molecule has 2 heterocycles. The van der Waals surface area contributed by atoms with E-state index >= 15 is 0 Å². The fraction of sp³-hybridized carbons (Fsp3) is 0.174. The van der Waals surface area contributed by atoms with Gasteiger partial charge in [-0.3, -0.25) is 9.48 Å². The molecule has 1 amide bonds. The molecule has 1 N–H and O–H groups in total. The van der Waals surface area contributed by atoms with E-state index < -0.39 is 0 Å². The lowest BCUT2D eigenvalue weighted by molar-refractivity contribution is -0.113. The zero-order valence-electron chi connectivity index (χ0n) is 17.5. The third kappa shape index (κ3) is 4.53. The first kappa shape index (κ1) is 22.0. The maximum absolute atomic E-state index is 13.2. The van der Waals surface area contributed by atoms with Crippen LogP contribution in [0.4, 0.5) is 5.69 Å². The summed E-state index contributed by atoms with van der Waals surface area (Å²) in [6.07, 6.45) is 5.40. The van der Waals surface area contributed by atoms with Crippen molar-refractivity contribution in [2.24, 2.45) is 0 Å². The molecule has 0 bridgehead atoms. The Morgan fingerprint density at radius 3 is 2.75 bits per heavy atom. The number of hydrogen-bond donors (Lipinski definition) is 1. The largest absolute Gasteiger partial charge is 0.496 e. The van der Waals surface area contributed by atoms with E-state index in [2.05, 4.69) is 26.3 Å². The molecule has 0 radical (unpaired) electrons. The van der Waals surface area contributed by atoms with Gasteiger partial charge < -0.3 is 14.8 Å². The third-order valence-corrected chi connectivity index (χ3v) is 5.53. The SMILES string of the molecule is CCOc1ccccc1N1C(=O)/C(=C\c2ccc(OC)c(Cn3cc(Br)cn3)c2)NC1=S. The number of anilines is 1. The number of para-hydroxylation sites is 2. The van der Waals surface area contributed by atoms with Crippen LogP contribution in [-0.2, 0) is 11.3 Å². The first-order valence-corrected chi connectivity index (χ1v) is 11.1. The zero-order valence-corrected chi connectivity index (χ0v) is 19.9. The molecule has 1 fully saturated rings. The summed E-state index contributed by atoms with van der Waals surface area (Å²) in [4.78, 5) is 14.6. The molecule has 0 unspecified atom stereocenters. The summed E-state index contributed by atoms with van der Waals surface area (Å²) < 4.78 is 13.9. The Balaban J connectivity index is 1.64. The summed E-state index contributed by atoms with van der Waals surface area (Å²) in [5, 5.41) is 7.64. The van der Waals surface area contributed by atoms with Crippen LogP contribution in [-0.4, -0.2) is 34.5 Å². The lowest BCUT2D eigenvalue weighted by atomic mass is 10.1. The van der Waals surface area contributed by atoms with E-state index in [9.17, 15) is 4.79 Å². The van der Waals surface area contributed by atoms with Crippen molar-refractivity contribution in [3.8, 4) is 11.5 Å². The lowest BCUT2D eigenvalue weighted by Crippen LogP contribution is -2.30. The van der Waals surface area contributed by atoms with Gasteiger partial charge in [-0.1, -0.05) is 18.2 Å². The summed E-state index contributed by atoms with van der Waals surface area (Å²) >= 11 is 8.86. The number of nitrogens with zero attached hydrogens (tertiary/aromatic N) is 3. The summed E-state index contributed by atoms with van der Waals surface area (Å²) in [6, 6.07) is 13.1. The van der Waals surface area contributed by atoms with Crippen molar-refractivity contribution in [3.63, 3.8) is 0 Å². The molecule has 0 spiro atoms. The fourth-order valence-electron chi connectivity index (χ4n) is 3.45. The molecule has 2 aromatic carbocycles. The average molecular weight is 513 g/mol. The minimum absolute atomic E-state index is 0.240. The monoisotopic (exact) mass is 512 g/mol. The summed E-state index contributed by atoms with van der Waals surface area (Å²) in [7, 11) is 1.63. The predicted molar refractivity (Wildman–Crippen MR) is 131 cm³/mol. The topological polar surface area (TPSA) is 68.6 Å². The molecule has 1 aliphatic rings. The Kier molecular flexibility index (Phi) is 6.57. The Bertz CT molecular complexity index is 1210. The molecular weight excluding hydrogens is 492 g/mol. The Morgan fingerprint density at radius 2 is 2.03 bits per heavy atom. The van der Waals surface area contributed by atoms with Gasteiger partial charge in [-0.2, -0.15) is 5.10 Å². The number of thiocarbonyl (C=S) groups is 1. The minimum atomic E-state index is -0.240. The van der Waals surface area contributed by atoms with Gasteiger partial charge in [0.1, 0.15) is 17.2 Å². The van der Waals surface area contributed by atoms with Crippen LogP contribution < -0.4 is 19.7 Å². The molecule has 32 heavy (non-hydrogen) atoms. The van der Waals surface area contributed by atoms with Gasteiger partial charge in [0.15, 0.2) is 5.11 Å². The molecular formula is C23H21BrN4O3S. The van der Waals surface area contributed by atoms with E-state index in [1.165, 1.54) is 4.90 Å². The van der Waals surface area contributed by atoms with Crippen molar-refractivity contribution in [2.45, 2.75) is 13.5 Å². The summed E-state index contributed by atoms with van der Waals surface area (Å²) in [5.41, 5.74) is 2.77. The first-order valence-electron chi connectivity index (χ1n) is 9.94. The molecule has 4 rings (SSSR count). The number of amides is 1. The van der Waals surface area contributed by atoms with Crippen LogP contribution in [0, 0.1) is 0 Å². The number of carbonyl (C=O) groups is 1. The smallest absolute Gasteiger partial charge is 0.281 e. The van der Waals surface area contributed by atoms with Crippen molar-refractivity contribution in [1.82, 2.24) is 15.1 Å². The molecule has 164 valence electrons. The Hall–Kier alpha value is -3.17. The molecule has 9 heteroatoms. The van der Waals surface area contributed by atoms with Gasteiger partial charge in [-0.25, -0.2) is 4.90 Å². The van der Waals surface area contributed by atoms with Gasteiger partial charge >= 0.3 is 0 Å². The highest BCUT2D eigenvalue weighted by Gasteiger charge is 2.33. The van der Waals surface area contributed by atoms with Gasteiger partial charge in [-0.15, -0.1) is 0 Å².